The predicted octanol–water partition coefficient (Wildman–Crippen LogP) is 3.89. The number of nitrogens with zero attached hydrogens (tertiary/aromatic N) is 4. The third-order valence-electron chi connectivity index (χ3n) is 5.39. The summed E-state index contributed by atoms with van der Waals surface area (Å²) in [5, 5.41) is 15.9. The van der Waals surface area contributed by atoms with Crippen LogP contribution in [0.2, 0.25) is 0 Å². The Morgan fingerprint density at radius 2 is 2.13 bits per heavy atom. The van der Waals surface area contributed by atoms with Gasteiger partial charge in [-0.25, -0.2) is 4.68 Å². The van der Waals surface area contributed by atoms with Gasteiger partial charge in [0.15, 0.2) is 11.7 Å². The monoisotopic (exact) mass is 438 g/mol. The van der Waals surface area contributed by atoms with E-state index in [2.05, 4.69) is 20.8 Å². The van der Waals surface area contributed by atoms with Crippen LogP contribution < -0.4 is 10.6 Å². The van der Waals surface area contributed by atoms with Crippen molar-refractivity contribution in [3.63, 3.8) is 0 Å². The molecule has 0 unspecified atom stereocenters. The van der Waals surface area contributed by atoms with E-state index >= 15 is 0 Å². The van der Waals surface area contributed by atoms with E-state index in [4.69, 9.17) is 0 Å². The quantitative estimate of drug-likeness (QED) is 0.648. The molecule has 30 heavy (non-hydrogen) atoms. The lowest BCUT2D eigenvalue weighted by atomic mass is 10.0. The van der Waals surface area contributed by atoms with Crippen LogP contribution in [0.1, 0.15) is 50.8 Å². The van der Waals surface area contributed by atoms with Crippen molar-refractivity contribution in [3.8, 4) is 0 Å². The molecule has 0 fully saturated rings. The average Bonchev–Trinajstić information content (AvgIpc) is 3.39. The number of hydrogen-bond donors (Lipinski definition) is 2. The summed E-state index contributed by atoms with van der Waals surface area (Å²) in [5.41, 5.74) is 2.52. The molecule has 2 N–H and O–H groups in total. The van der Waals surface area contributed by atoms with Crippen LogP contribution >= 0.6 is 11.3 Å². The second-order valence-electron chi connectivity index (χ2n) is 7.32. The van der Waals surface area contributed by atoms with Gasteiger partial charge < -0.3 is 10.6 Å². The second-order valence-corrected chi connectivity index (χ2v) is 8.30. The summed E-state index contributed by atoms with van der Waals surface area (Å²) in [6.07, 6.45) is -4.66. The number of fused-ring (bicyclic) bond motifs is 1. The Bertz CT molecular complexity index is 1070. The molecular formula is C19H21F3N6OS. The number of halogens is 3. The fourth-order valence-corrected chi connectivity index (χ4v) is 4.48. The van der Waals surface area contributed by atoms with Gasteiger partial charge in [0.25, 0.3) is 5.91 Å². The molecule has 4 rings (SSSR count). The number of carbonyl (C=O) groups excluding carboxylic acids is 1. The van der Waals surface area contributed by atoms with Crippen LogP contribution in [0.5, 0.6) is 0 Å². The largest absolute Gasteiger partial charge is 0.410 e. The van der Waals surface area contributed by atoms with Gasteiger partial charge >= 0.3 is 6.18 Å². The number of aryl methyl sites for hydroxylation is 2. The minimum atomic E-state index is -4.48. The number of nitrogens with one attached hydrogen (secondary N) is 2. The molecule has 0 saturated heterocycles. The number of aromatic nitrogens is 4. The van der Waals surface area contributed by atoms with Crippen LogP contribution in [0, 0.1) is 13.8 Å². The number of thiophene rings is 1. The number of alkyl halides is 3. The maximum Gasteiger partial charge on any atom is 0.410 e. The van der Waals surface area contributed by atoms with Crippen molar-refractivity contribution in [1.29, 1.82) is 0 Å². The summed E-state index contributed by atoms with van der Waals surface area (Å²) >= 11 is 1.39. The van der Waals surface area contributed by atoms with Crippen molar-refractivity contribution in [2.24, 2.45) is 7.05 Å². The first-order chi connectivity index (χ1) is 14.1. The highest BCUT2D eigenvalue weighted by atomic mass is 32.1. The number of carbonyl (C=O) groups is 1. The normalized spacial score (nSPS) is 18.7. The standard InChI is InChI=1S/C19H21F3N6OS/c1-10-12(11(2)27(3)25-10)9-23-18(29)14-8-17-24-13(15-5-4-6-30-15)7-16(19(20,21)22)28(17)26-14/h4-6,8,13,16,24H,7,9H2,1-3H3,(H,23,29)/t13-,16-/m1/s1. The van der Waals surface area contributed by atoms with E-state index in [-0.39, 0.29) is 24.5 Å². The lowest BCUT2D eigenvalue weighted by molar-refractivity contribution is -0.173. The molecule has 0 aliphatic carbocycles. The molecule has 1 aliphatic rings. The zero-order chi connectivity index (χ0) is 21.6. The van der Waals surface area contributed by atoms with E-state index < -0.39 is 24.2 Å². The summed E-state index contributed by atoms with van der Waals surface area (Å²) in [6, 6.07) is 2.69. The summed E-state index contributed by atoms with van der Waals surface area (Å²) < 4.78 is 43.7. The molecule has 0 aromatic carbocycles. The minimum absolute atomic E-state index is 0.0576. The average molecular weight is 438 g/mol. The van der Waals surface area contributed by atoms with Crippen molar-refractivity contribution in [1.82, 2.24) is 24.9 Å². The van der Waals surface area contributed by atoms with Crippen molar-refractivity contribution in [3.05, 3.63) is 51.1 Å². The van der Waals surface area contributed by atoms with Crippen LogP contribution in [-0.4, -0.2) is 31.6 Å². The first kappa shape index (κ1) is 20.5. The van der Waals surface area contributed by atoms with E-state index in [0.29, 0.717) is 0 Å². The van der Waals surface area contributed by atoms with Crippen LogP contribution in [-0.2, 0) is 13.6 Å². The minimum Gasteiger partial charge on any atom is -0.363 e. The van der Waals surface area contributed by atoms with Gasteiger partial charge in [-0.1, -0.05) is 6.07 Å². The lowest BCUT2D eigenvalue weighted by Gasteiger charge is -2.32. The van der Waals surface area contributed by atoms with E-state index in [0.717, 1.165) is 26.5 Å². The molecule has 0 radical (unpaired) electrons. The SMILES string of the molecule is Cc1nn(C)c(C)c1CNC(=O)c1cc2n(n1)[C@@H](C(F)(F)F)C[C@H](c1cccs1)N2. The molecule has 3 aromatic rings. The first-order valence-corrected chi connectivity index (χ1v) is 10.3. The first-order valence-electron chi connectivity index (χ1n) is 9.38. The van der Waals surface area contributed by atoms with Crippen LogP contribution in [0.4, 0.5) is 19.0 Å². The Kier molecular flexibility index (Phi) is 5.08. The second kappa shape index (κ2) is 7.46. The molecule has 3 aromatic heterocycles. The molecule has 7 nitrogen and oxygen atoms in total. The summed E-state index contributed by atoms with van der Waals surface area (Å²) in [6.45, 7) is 3.95. The number of rotatable bonds is 4. The van der Waals surface area contributed by atoms with Crippen molar-refractivity contribution < 1.29 is 18.0 Å². The van der Waals surface area contributed by atoms with Gasteiger partial charge in [-0.2, -0.15) is 23.4 Å². The highest BCUT2D eigenvalue weighted by Crippen LogP contribution is 2.44. The molecule has 11 heteroatoms. The fraction of sp³-hybridized carbons (Fsp3) is 0.421. The van der Waals surface area contributed by atoms with Crippen LogP contribution in [0.15, 0.2) is 23.6 Å². The van der Waals surface area contributed by atoms with Crippen molar-refractivity contribution in [2.75, 3.05) is 5.32 Å². The molecule has 0 bridgehead atoms. The molecule has 1 aliphatic heterocycles. The molecule has 160 valence electrons. The van der Waals surface area contributed by atoms with Gasteiger partial charge in [-0.3, -0.25) is 9.48 Å². The highest BCUT2D eigenvalue weighted by molar-refractivity contribution is 7.10. The van der Waals surface area contributed by atoms with E-state index in [1.807, 2.05) is 26.3 Å². The van der Waals surface area contributed by atoms with Gasteiger partial charge in [0.2, 0.25) is 0 Å². The molecule has 1 amide bonds. The van der Waals surface area contributed by atoms with E-state index in [9.17, 15) is 18.0 Å². The molecule has 0 spiro atoms. The molecule has 0 saturated carbocycles. The fourth-order valence-electron chi connectivity index (χ4n) is 3.69. The van der Waals surface area contributed by atoms with Gasteiger partial charge in [0.05, 0.1) is 11.7 Å². The molecular weight excluding hydrogens is 417 g/mol. The summed E-state index contributed by atoms with van der Waals surface area (Å²) in [7, 11) is 1.81. The lowest BCUT2D eigenvalue weighted by Crippen LogP contribution is -2.35. The Balaban J connectivity index is 1.57. The third kappa shape index (κ3) is 3.69. The topological polar surface area (TPSA) is 76.8 Å². The maximum atomic E-state index is 13.7. The Morgan fingerprint density at radius 1 is 1.37 bits per heavy atom. The zero-order valence-electron chi connectivity index (χ0n) is 16.6. The number of hydrogen-bond acceptors (Lipinski definition) is 5. The number of amides is 1. The van der Waals surface area contributed by atoms with Gasteiger partial charge in [-0.15, -0.1) is 11.3 Å². The van der Waals surface area contributed by atoms with E-state index in [1.165, 1.54) is 17.4 Å². The van der Waals surface area contributed by atoms with Crippen LogP contribution in [0.25, 0.3) is 0 Å². The zero-order valence-corrected chi connectivity index (χ0v) is 17.4. The van der Waals surface area contributed by atoms with Crippen LogP contribution in [0.3, 0.4) is 0 Å². The Morgan fingerprint density at radius 3 is 2.73 bits per heavy atom. The highest BCUT2D eigenvalue weighted by Gasteiger charge is 2.47. The number of anilines is 1. The molecule has 4 heterocycles. The van der Waals surface area contributed by atoms with Gasteiger partial charge in [-0.05, 0) is 25.3 Å². The smallest absolute Gasteiger partial charge is 0.363 e. The third-order valence-corrected chi connectivity index (χ3v) is 6.38. The van der Waals surface area contributed by atoms with Gasteiger partial charge in [0.1, 0.15) is 5.82 Å². The van der Waals surface area contributed by atoms with Gasteiger partial charge in [0, 0.05) is 42.2 Å². The summed E-state index contributed by atoms with van der Waals surface area (Å²) in [4.78, 5) is 13.4. The van der Waals surface area contributed by atoms with Crippen molar-refractivity contribution in [2.45, 2.75) is 45.1 Å². The van der Waals surface area contributed by atoms with Crippen molar-refractivity contribution >= 4 is 23.1 Å². The Hall–Kier alpha value is -2.82. The van der Waals surface area contributed by atoms with E-state index in [1.54, 1.807) is 16.8 Å². The summed E-state index contributed by atoms with van der Waals surface area (Å²) in [5.74, 6) is -0.351. The Labute approximate surface area is 174 Å². The predicted molar refractivity (Wildman–Crippen MR) is 106 cm³/mol. The molecule has 2 atom stereocenters. The maximum absolute atomic E-state index is 13.7.